The van der Waals surface area contributed by atoms with E-state index in [9.17, 15) is 0 Å². The van der Waals surface area contributed by atoms with Crippen LogP contribution in [0.4, 0.5) is 0 Å². The molecule has 110 valence electrons. The van der Waals surface area contributed by atoms with Gasteiger partial charge in [-0.15, -0.1) is 0 Å². The SMILES string of the molecule is CC(CC(N)=NO)NC(c1ccccc1)c1ccccc1. The Morgan fingerprint density at radius 1 is 1.05 bits per heavy atom. The predicted molar refractivity (Wildman–Crippen MR) is 85.4 cm³/mol. The second-order valence-electron chi connectivity index (χ2n) is 5.12. The number of oxime groups is 1. The van der Waals surface area contributed by atoms with Gasteiger partial charge in [-0.05, 0) is 18.1 Å². The third kappa shape index (κ3) is 4.33. The monoisotopic (exact) mass is 283 g/mol. The van der Waals surface area contributed by atoms with Crippen molar-refractivity contribution in [2.45, 2.75) is 25.4 Å². The Morgan fingerprint density at radius 2 is 1.52 bits per heavy atom. The van der Waals surface area contributed by atoms with Crippen molar-refractivity contribution in [1.82, 2.24) is 5.32 Å². The number of benzene rings is 2. The number of nitrogens with two attached hydrogens (primary N) is 1. The van der Waals surface area contributed by atoms with E-state index in [1.54, 1.807) is 0 Å². The van der Waals surface area contributed by atoms with Crippen LogP contribution < -0.4 is 11.1 Å². The molecule has 2 rings (SSSR count). The molecule has 0 spiro atoms. The highest BCUT2D eigenvalue weighted by Gasteiger charge is 2.16. The summed E-state index contributed by atoms with van der Waals surface area (Å²) in [6.07, 6.45) is 0.493. The average molecular weight is 283 g/mol. The largest absolute Gasteiger partial charge is 0.409 e. The first kappa shape index (κ1) is 15.1. The van der Waals surface area contributed by atoms with Crippen molar-refractivity contribution in [3.05, 3.63) is 71.8 Å². The molecule has 1 atom stereocenters. The molecule has 4 nitrogen and oxygen atoms in total. The Bertz CT molecular complexity index is 530. The zero-order valence-electron chi connectivity index (χ0n) is 12.1. The van der Waals surface area contributed by atoms with E-state index < -0.39 is 0 Å². The van der Waals surface area contributed by atoms with E-state index >= 15 is 0 Å². The number of rotatable bonds is 6. The molecule has 0 aliphatic rings. The number of nitrogens with zero attached hydrogens (tertiary/aromatic N) is 1. The summed E-state index contributed by atoms with van der Waals surface area (Å²) in [6, 6.07) is 20.7. The normalized spacial score (nSPS) is 13.3. The van der Waals surface area contributed by atoms with E-state index in [-0.39, 0.29) is 17.9 Å². The Labute approximate surface area is 125 Å². The first-order chi connectivity index (χ1) is 10.2. The summed E-state index contributed by atoms with van der Waals surface area (Å²) in [5.41, 5.74) is 7.97. The molecular weight excluding hydrogens is 262 g/mol. The first-order valence-corrected chi connectivity index (χ1v) is 7.03. The van der Waals surface area contributed by atoms with Crippen molar-refractivity contribution < 1.29 is 5.21 Å². The van der Waals surface area contributed by atoms with Gasteiger partial charge in [0.05, 0.1) is 6.04 Å². The third-order valence-electron chi connectivity index (χ3n) is 3.36. The Hall–Kier alpha value is -2.33. The molecule has 0 radical (unpaired) electrons. The van der Waals surface area contributed by atoms with Crippen molar-refractivity contribution in [3.63, 3.8) is 0 Å². The second kappa shape index (κ2) is 7.45. The molecule has 0 saturated carbocycles. The lowest BCUT2D eigenvalue weighted by Gasteiger charge is -2.24. The fraction of sp³-hybridized carbons (Fsp3) is 0.235. The molecule has 2 aromatic rings. The van der Waals surface area contributed by atoms with Gasteiger partial charge < -0.3 is 16.3 Å². The summed E-state index contributed by atoms with van der Waals surface area (Å²) in [5, 5.41) is 15.3. The topological polar surface area (TPSA) is 70.6 Å². The quantitative estimate of drug-likeness (QED) is 0.330. The summed E-state index contributed by atoms with van der Waals surface area (Å²) in [4.78, 5) is 0. The molecule has 0 amide bonds. The van der Waals surface area contributed by atoms with E-state index in [2.05, 4.69) is 34.7 Å². The highest BCUT2D eigenvalue weighted by molar-refractivity contribution is 5.80. The predicted octanol–water partition coefficient (Wildman–Crippen LogP) is 2.89. The molecule has 0 aliphatic carbocycles. The lowest BCUT2D eigenvalue weighted by atomic mass is 9.97. The van der Waals surface area contributed by atoms with Gasteiger partial charge in [-0.2, -0.15) is 0 Å². The van der Waals surface area contributed by atoms with Crippen molar-refractivity contribution in [2.24, 2.45) is 10.9 Å². The summed E-state index contributed by atoms with van der Waals surface area (Å²) < 4.78 is 0. The molecule has 0 aromatic heterocycles. The lowest BCUT2D eigenvalue weighted by molar-refractivity contribution is 0.315. The van der Waals surface area contributed by atoms with Gasteiger partial charge in [0.2, 0.25) is 0 Å². The van der Waals surface area contributed by atoms with Gasteiger partial charge in [0.15, 0.2) is 0 Å². The molecular formula is C17H21N3O. The number of hydrogen-bond donors (Lipinski definition) is 3. The average Bonchev–Trinajstić information content (AvgIpc) is 2.54. The van der Waals surface area contributed by atoms with Crippen LogP contribution >= 0.6 is 0 Å². The molecule has 4 heteroatoms. The Kier molecular flexibility index (Phi) is 5.35. The molecule has 0 fully saturated rings. The summed E-state index contributed by atoms with van der Waals surface area (Å²) in [5.74, 6) is 0.231. The van der Waals surface area contributed by atoms with Crippen LogP contribution in [0.25, 0.3) is 0 Å². The maximum atomic E-state index is 8.69. The van der Waals surface area contributed by atoms with Crippen LogP contribution in [0.5, 0.6) is 0 Å². The molecule has 0 bridgehead atoms. The van der Waals surface area contributed by atoms with Gasteiger partial charge in [0, 0.05) is 12.5 Å². The number of amidine groups is 1. The highest BCUT2D eigenvalue weighted by Crippen LogP contribution is 2.22. The summed E-state index contributed by atoms with van der Waals surface area (Å²) >= 11 is 0. The van der Waals surface area contributed by atoms with E-state index in [0.29, 0.717) is 6.42 Å². The number of hydrogen-bond acceptors (Lipinski definition) is 3. The van der Waals surface area contributed by atoms with Crippen molar-refractivity contribution in [2.75, 3.05) is 0 Å². The molecule has 0 heterocycles. The van der Waals surface area contributed by atoms with Gasteiger partial charge >= 0.3 is 0 Å². The molecule has 4 N–H and O–H groups in total. The van der Waals surface area contributed by atoms with Gasteiger partial charge in [-0.3, -0.25) is 0 Å². The van der Waals surface area contributed by atoms with Crippen molar-refractivity contribution in [1.29, 1.82) is 0 Å². The summed E-state index contributed by atoms with van der Waals surface area (Å²) in [6.45, 7) is 2.02. The summed E-state index contributed by atoms with van der Waals surface area (Å²) in [7, 11) is 0. The van der Waals surface area contributed by atoms with Crippen LogP contribution in [-0.4, -0.2) is 17.1 Å². The van der Waals surface area contributed by atoms with E-state index in [1.807, 2.05) is 43.3 Å². The second-order valence-corrected chi connectivity index (χ2v) is 5.12. The van der Waals surface area contributed by atoms with Crippen LogP contribution in [0.2, 0.25) is 0 Å². The first-order valence-electron chi connectivity index (χ1n) is 7.03. The zero-order valence-corrected chi connectivity index (χ0v) is 12.1. The fourth-order valence-corrected chi connectivity index (χ4v) is 2.37. The molecule has 2 aromatic carbocycles. The maximum Gasteiger partial charge on any atom is 0.140 e. The van der Waals surface area contributed by atoms with E-state index in [4.69, 9.17) is 10.9 Å². The van der Waals surface area contributed by atoms with Gasteiger partial charge in [0.25, 0.3) is 0 Å². The minimum atomic E-state index is 0.0777. The third-order valence-corrected chi connectivity index (χ3v) is 3.36. The van der Waals surface area contributed by atoms with Crippen LogP contribution in [0.15, 0.2) is 65.8 Å². The number of nitrogens with one attached hydrogen (secondary N) is 1. The fourth-order valence-electron chi connectivity index (χ4n) is 2.37. The van der Waals surface area contributed by atoms with Crippen molar-refractivity contribution in [3.8, 4) is 0 Å². The van der Waals surface area contributed by atoms with E-state index in [0.717, 1.165) is 0 Å². The Balaban J connectivity index is 2.21. The minimum Gasteiger partial charge on any atom is -0.409 e. The van der Waals surface area contributed by atoms with Gasteiger partial charge in [-0.1, -0.05) is 65.8 Å². The van der Waals surface area contributed by atoms with E-state index in [1.165, 1.54) is 11.1 Å². The molecule has 0 saturated heterocycles. The van der Waals surface area contributed by atoms with Crippen molar-refractivity contribution >= 4 is 5.84 Å². The minimum absolute atomic E-state index is 0.0777. The standard InChI is InChI=1S/C17H21N3O/c1-13(12-16(18)20-21)19-17(14-8-4-2-5-9-14)15-10-6-3-7-11-15/h2-11,13,17,19,21H,12H2,1H3,(H2,18,20). The zero-order chi connectivity index (χ0) is 15.1. The van der Waals surface area contributed by atoms with Gasteiger partial charge in [0.1, 0.15) is 5.84 Å². The van der Waals surface area contributed by atoms with Crippen LogP contribution in [0.3, 0.4) is 0 Å². The molecule has 0 aliphatic heterocycles. The smallest absolute Gasteiger partial charge is 0.140 e. The highest BCUT2D eigenvalue weighted by atomic mass is 16.4. The van der Waals surface area contributed by atoms with Gasteiger partial charge in [-0.25, -0.2) is 0 Å². The van der Waals surface area contributed by atoms with Crippen LogP contribution in [-0.2, 0) is 0 Å². The van der Waals surface area contributed by atoms with Crippen LogP contribution in [0.1, 0.15) is 30.5 Å². The van der Waals surface area contributed by atoms with Crippen LogP contribution in [0, 0.1) is 0 Å². The molecule has 1 unspecified atom stereocenters. The molecule has 21 heavy (non-hydrogen) atoms. The Morgan fingerprint density at radius 3 is 1.95 bits per heavy atom. The lowest BCUT2D eigenvalue weighted by Crippen LogP contribution is -2.34. The maximum absolute atomic E-state index is 8.69.